The van der Waals surface area contributed by atoms with E-state index < -0.39 is 5.97 Å². The number of thiazole rings is 1. The molecule has 0 aliphatic carbocycles. The Morgan fingerprint density at radius 2 is 2.00 bits per heavy atom. The molecule has 4 aromatic rings. The van der Waals surface area contributed by atoms with Gasteiger partial charge in [0.05, 0.1) is 11.4 Å². The van der Waals surface area contributed by atoms with Crippen LogP contribution in [0.4, 0.5) is 0 Å². The Morgan fingerprint density at radius 3 is 2.75 bits per heavy atom. The Hall–Kier alpha value is -3.10. The van der Waals surface area contributed by atoms with E-state index in [4.69, 9.17) is 20.9 Å². The van der Waals surface area contributed by atoms with Gasteiger partial charge in [-0.05, 0) is 43.3 Å². The molecule has 0 unspecified atom stereocenters. The Balaban J connectivity index is 1.44. The molecule has 0 atom stereocenters. The van der Waals surface area contributed by atoms with Crippen molar-refractivity contribution >= 4 is 28.9 Å². The van der Waals surface area contributed by atoms with Crippen LogP contribution in [0.2, 0.25) is 5.02 Å². The highest BCUT2D eigenvalue weighted by Gasteiger charge is 2.19. The normalized spacial score (nSPS) is 10.8. The summed E-state index contributed by atoms with van der Waals surface area (Å²) in [6.45, 7) is 1.63. The maximum atomic E-state index is 12.4. The highest BCUT2D eigenvalue weighted by molar-refractivity contribution is 7.17. The topological polar surface area (TPSA) is 91.0 Å². The Kier molecular flexibility index (Phi) is 5.14. The van der Waals surface area contributed by atoms with Gasteiger partial charge in [-0.3, -0.25) is 4.98 Å². The number of hydrogen-bond donors (Lipinski definition) is 0. The molecule has 0 radical (unpaired) electrons. The van der Waals surface area contributed by atoms with E-state index in [-0.39, 0.29) is 12.5 Å². The van der Waals surface area contributed by atoms with Gasteiger partial charge >= 0.3 is 5.97 Å². The molecule has 1 aromatic carbocycles. The molecule has 4 rings (SSSR count). The van der Waals surface area contributed by atoms with Crippen LogP contribution in [0.15, 0.2) is 53.2 Å². The van der Waals surface area contributed by atoms with E-state index in [1.54, 1.807) is 37.4 Å². The number of esters is 1. The molecule has 0 bridgehead atoms. The second-order valence-electron chi connectivity index (χ2n) is 5.74. The second-order valence-corrected chi connectivity index (χ2v) is 7.18. The molecule has 0 saturated carbocycles. The summed E-state index contributed by atoms with van der Waals surface area (Å²) in [7, 11) is 0. The lowest BCUT2D eigenvalue weighted by molar-refractivity contribution is 0.0434. The molecule has 9 heteroatoms. The maximum absolute atomic E-state index is 12.4. The molecule has 0 fully saturated rings. The number of rotatable bonds is 5. The lowest BCUT2D eigenvalue weighted by Gasteiger charge is -1.99. The molecule has 0 aliphatic rings. The first-order chi connectivity index (χ1) is 13.6. The number of halogens is 1. The number of carbonyl (C=O) groups excluding carboxylic acids is 1. The second kappa shape index (κ2) is 7.87. The smallest absolute Gasteiger partial charge is 0.350 e. The highest BCUT2D eigenvalue weighted by atomic mass is 35.5. The van der Waals surface area contributed by atoms with Gasteiger partial charge in [0.1, 0.15) is 9.88 Å². The number of nitrogens with zero attached hydrogens (tertiary/aromatic N) is 4. The van der Waals surface area contributed by atoms with Crippen molar-refractivity contribution < 1.29 is 14.1 Å². The summed E-state index contributed by atoms with van der Waals surface area (Å²) in [5, 5.41) is 5.17. The van der Waals surface area contributed by atoms with Crippen LogP contribution >= 0.6 is 22.9 Å². The lowest BCUT2D eigenvalue weighted by Crippen LogP contribution is -2.05. The van der Waals surface area contributed by atoms with Crippen molar-refractivity contribution in [1.82, 2.24) is 20.1 Å². The van der Waals surface area contributed by atoms with Crippen LogP contribution in [0.25, 0.3) is 22.1 Å². The fourth-order valence-corrected chi connectivity index (χ4v) is 3.47. The summed E-state index contributed by atoms with van der Waals surface area (Å²) in [5.41, 5.74) is 2.05. The Labute approximate surface area is 169 Å². The third kappa shape index (κ3) is 3.92. The predicted molar refractivity (Wildman–Crippen MR) is 104 cm³/mol. The number of carbonyl (C=O) groups is 1. The molecule has 0 aliphatic heterocycles. The zero-order valence-corrected chi connectivity index (χ0v) is 16.2. The van der Waals surface area contributed by atoms with Crippen molar-refractivity contribution in [3.8, 4) is 22.1 Å². The minimum atomic E-state index is -0.497. The number of ether oxygens (including phenoxy) is 1. The van der Waals surface area contributed by atoms with Gasteiger partial charge in [0, 0.05) is 16.8 Å². The van der Waals surface area contributed by atoms with Crippen LogP contribution in [-0.4, -0.2) is 26.1 Å². The summed E-state index contributed by atoms with van der Waals surface area (Å²) in [5.74, 6) is 0.1000. The zero-order valence-electron chi connectivity index (χ0n) is 14.6. The van der Waals surface area contributed by atoms with Crippen molar-refractivity contribution in [3.63, 3.8) is 0 Å². The van der Waals surface area contributed by atoms with E-state index in [1.165, 1.54) is 11.3 Å². The summed E-state index contributed by atoms with van der Waals surface area (Å²) in [6, 6.07) is 12.6. The number of pyridine rings is 1. The van der Waals surface area contributed by atoms with Gasteiger partial charge in [-0.1, -0.05) is 22.8 Å². The Morgan fingerprint density at radius 1 is 1.18 bits per heavy atom. The van der Waals surface area contributed by atoms with Gasteiger partial charge in [0.25, 0.3) is 5.89 Å². The summed E-state index contributed by atoms with van der Waals surface area (Å²) >= 11 is 7.10. The molecular weight excluding hydrogens is 400 g/mol. The molecule has 0 N–H and O–H groups in total. The monoisotopic (exact) mass is 412 g/mol. The first-order valence-electron chi connectivity index (χ1n) is 8.24. The first kappa shape index (κ1) is 18.3. The van der Waals surface area contributed by atoms with Gasteiger partial charge in [0.2, 0.25) is 5.82 Å². The van der Waals surface area contributed by atoms with Crippen LogP contribution in [0.1, 0.15) is 21.3 Å². The van der Waals surface area contributed by atoms with Gasteiger partial charge in [-0.2, -0.15) is 4.98 Å². The zero-order chi connectivity index (χ0) is 19.5. The molecular formula is C19H13ClN4O3S. The lowest BCUT2D eigenvalue weighted by atomic mass is 10.2. The van der Waals surface area contributed by atoms with Crippen LogP contribution < -0.4 is 0 Å². The average Bonchev–Trinajstić information content (AvgIpc) is 3.34. The summed E-state index contributed by atoms with van der Waals surface area (Å²) < 4.78 is 10.5. The Bertz CT molecular complexity index is 1110. The van der Waals surface area contributed by atoms with E-state index in [1.807, 2.05) is 18.2 Å². The fraction of sp³-hybridized carbons (Fsp3) is 0.105. The van der Waals surface area contributed by atoms with E-state index >= 15 is 0 Å². The molecule has 0 spiro atoms. The number of benzene rings is 1. The molecule has 28 heavy (non-hydrogen) atoms. The number of aryl methyl sites for hydroxylation is 1. The molecule has 140 valence electrons. The van der Waals surface area contributed by atoms with E-state index in [0.717, 1.165) is 5.56 Å². The fourth-order valence-electron chi connectivity index (χ4n) is 2.41. The molecule has 0 amide bonds. The van der Waals surface area contributed by atoms with Crippen molar-refractivity contribution in [2.24, 2.45) is 0 Å². The average molecular weight is 413 g/mol. The predicted octanol–water partition coefficient (Wildman–Crippen LogP) is 4.57. The van der Waals surface area contributed by atoms with E-state index in [9.17, 15) is 4.79 Å². The van der Waals surface area contributed by atoms with Crippen molar-refractivity contribution in [2.45, 2.75) is 13.5 Å². The van der Waals surface area contributed by atoms with Crippen LogP contribution in [-0.2, 0) is 11.3 Å². The minimum absolute atomic E-state index is 0.129. The SMILES string of the molecule is Cc1nc(-c2ccccn2)sc1C(=O)OCc1nc(-c2ccc(Cl)cc2)no1. The standard InChI is InChI=1S/C19H13ClN4O3S/c1-11-16(28-18(22-11)14-4-2-3-9-21-14)19(25)26-10-15-23-17(24-27-15)12-5-7-13(20)8-6-12/h2-9H,10H2,1H3. The number of hydrogen-bond acceptors (Lipinski definition) is 8. The van der Waals surface area contributed by atoms with E-state index in [2.05, 4.69) is 20.1 Å². The van der Waals surface area contributed by atoms with Crippen molar-refractivity contribution in [3.05, 3.63) is 70.1 Å². The maximum Gasteiger partial charge on any atom is 0.350 e. The number of aromatic nitrogens is 4. The molecule has 0 saturated heterocycles. The van der Waals surface area contributed by atoms with Crippen LogP contribution in [0.3, 0.4) is 0 Å². The highest BCUT2D eigenvalue weighted by Crippen LogP contribution is 2.27. The van der Waals surface area contributed by atoms with Gasteiger partial charge < -0.3 is 9.26 Å². The quantitative estimate of drug-likeness (QED) is 0.443. The van der Waals surface area contributed by atoms with Crippen molar-refractivity contribution in [1.29, 1.82) is 0 Å². The summed E-state index contributed by atoms with van der Waals surface area (Å²) in [4.78, 5) is 25.7. The van der Waals surface area contributed by atoms with Crippen LogP contribution in [0, 0.1) is 6.92 Å². The van der Waals surface area contributed by atoms with Gasteiger partial charge in [0.15, 0.2) is 6.61 Å². The third-order valence-corrected chi connectivity index (χ3v) is 5.18. The van der Waals surface area contributed by atoms with Gasteiger partial charge in [-0.15, -0.1) is 11.3 Å². The third-order valence-electron chi connectivity index (χ3n) is 3.76. The van der Waals surface area contributed by atoms with Crippen LogP contribution in [0.5, 0.6) is 0 Å². The largest absolute Gasteiger partial charge is 0.451 e. The van der Waals surface area contributed by atoms with E-state index in [0.29, 0.717) is 32.1 Å². The van der Waals surface area contributed by atoms with Gasteiger partial charge in [-0.25, -0.2) is 9.78 Å². The molecule has 3 heterocycles. The molecule has 3 aromatic heterocycles. The molecule has 7 nitrogen and oxygen atoms in total. The van der Waals surface area contributed by atoms with Crippen molar-refractivity contribution in [2.75, 3.05) is 0 Å². The first-order valence-corrected chi connectivity index (χ1v) is 9.44. The summed E-state index contributed by atoms with van der Waals surface area (Å²) in [6.07, 6.45) is 1.68. The minimum Gasteiger partial charge on any atom is -0.451 e.